The average Bonchev–Trinajstić information content (AvgIpc) is 3.35. The number of amides is 2. The molecule has 2 aliphatic heterocycles. The molecule has 0 saturated carbocycles. The second kappa shape index (κ2) is 8.01. The summed E-state index contributed by atoms with van der Waals surface area (Å²) in [5.41, 5.74) is 1.21. The van der Waals surface area contributed by atoms with Crippen LogP contribution in [-0.2, 0) is 16.1 Å². The van der Waals surface area contributed by atoms with Gasteiger partial charge in [0.2, 0.25) is 5.91 Å². The predicted octanol–water partition coefficient (Wildman–Crippen LogP) is 2.95. The molecule has 1 aromatic heterocycles. The summed E-state index contributed by atoms with van der Waals surface area (Å²) in [6, 6.07) is 7.51. The molecule has 2 atom stereocenters. The summed E-state index contributed by atoms with van der Waals surface area (Å²) < 4.78 is 1.82. The predicted molar refractivity (Wildman–Crippen MR) is 112 cm³/mol. The van der Waals surface area contributed by atoms with E-state index < -0.39 is 11.7 Å². The summed E-state index contributed by atoms with van der Waals surface area (Å²) in [5.74, 6) is -0.0517. The van der Waals surface area contributed by atoms with Gasteiger partial charge in [0.05, 0.1) is 5.56 Å². The number of likely N-dealkylation sites (tertiary alicyclic amines) is 2. The monoisotopic (exact) mass is 395 g/mol. The van der Waals surface area contributed by atoms with E-state index >= 15 is 0 Å². The molecule has 2 aliphatic rings. The Kier molecular flexibility index (Phi) is 5.43. The number of carbonyl (C=O) groups is 3. The van der Waals surface area contributed by atoms with Crippen LogP contribution in [0.15, 0.2) is 30.5 Å². The minimum atomic E-state index is -0.477. The molecule has 6 heteroatoms. The van der Waals surface area contributed by atoms with Crippen LogP contribution < -0.4 is 0 Å². The van der Waals surface area contributed by atoms with Crippen molar-refractivity contribution in [3.8, 4) is 0 Å². The van der Waals surface area contributed by atoms with Gasteiger partial charge in [0.15, 0.2) is 0 Å². The summed E-state index contributed by atoms with van der Waals surface area (Å²) in [6.45, 7) is 7.29. The first kappa shape index (κ1) is 19.7. The smallest absolute Gasteiger partial charge is 0.295 e. The number of hydrogen-bond donors (Lipinski definition) is 0. The van der Waals surface area contributed by atoms with E-state index in [2.05, 4.69) is 13.8 Å². The maximum atomic E-state index is 13.1. The molecule has 0 unspecified atom stereocenters. The fraction of sp³-hybridized carbons (Fsp3) is 0.522. The lowest BCUT2D eigenvalue weighted by Gasteiger charge is -2.34. The Labute approximate surface area is 171 Å². The molecule has 2 fully saturated rings. The number of ketones is 1. The third-order valence-corrected chi connectivity index (χ3v) is 6.15. The topological polar surface area (TPSA) is 62.6 Å². The van der Waals surface area contributed by atoms with Crippen molar-refractivity contribution in [3.63, 3.8) is 0 Å². The molecular formula is C23H29N3O3. The summed E-state index contributed by atoms with van der Waals surface area (Å²) in [4.78, 5) is 42.3. The van der Waals surface area contributed by atoms with Crippen LogP contribution in [0.4, 0.5) is 0 Å². The molecule has 2 aromatic rings. The zero-order valence-electron chi connectivity index (χ0n) is 17.3. The van der Waals surface area contributed by atoms with Gasteiger partial charge in [-0.25, -0.2) is 0 Å². The van der Waals surface area contributed by atoms with Crippen LogP contribution in [0.2, 0.25) is 0 Å². The van der Waals surface area contributed by atoms with Crippen LogP contribution >= 0.6 is 0 Å². The van der Waals surface area contributed by atoms with Crippen molar-refractivity contribution >= 4 is 28.5 Å². The van der Waals surface area contributed by atoms with Gasteiger partial charge < -0.3 is 14.4 Å². The van der Waals surface area contributed by atoms with Crippen molar-refractivity contribution in [1.82, 2.24) is 14.4 Å². The van der Waals surface area contributed by atoms with Crippen LogP contribution in [0, 0.1) is 11.8 Å². The molecule has 154 valence electrons. The minimum absolute atomic E-state index is 0.0623. The van der Waals surface area contributed by atoms with Crippen LogP contribution in [0.5, 0.6) is 0 Å². The van der Waals surface area contributed by atoms with Gasteiger partial charge in [0.1, 0.15) is 6.54 Å². The molecule has 0 spiro atoms. The van der Waals surface area contributed by atoms with Gasteiger partial charge >= 0.3 is 0 Å². The number of carbonyl (C=O) groups excluding carboxylic acids is 3. The first-order chi connectivity index (χ1) is 13.9. The van der Waals surface area contributed by atoms with Gasteiger partial charge in [-0.15, -0.1) is 0 Å². The van der Waals surface area contributed by atoms with E-state index in [9.17, 15) is 14.4 Å². The molecule has 6 nitrogen and oxygen atoms in total. The van der Waals surface area contributed by atoms with Gasteiger partial charge in [-0.3, -0.25) is 14.4 Å². The maximum absolute atomic E-state index is 13.1. The van der Waals surface area contributed by atoms with E-state index in [1.807, 2.05) is 33.7 Å². The van der Waals surface area contributed by atoms with Gasteiger partial charge in [-0.05, 0) is 37.2 Å². The lowest BCUT2D eigenvalue weighted by molar-refractivity contribution is -0.130. The Hall–Kier alpha value is -2.63. The van der Waals surface area contributed by atoms with E-state index in [4.69, 9.17) is 0 Å². The Morgan fingerprint density at radius 3 is 2.31 bits per heavy atom. The van der Waals surface area contributed by atoms with E-state index in [0.717, 1.165) is 43.3 Å². The van der Waals surface area contributed by atoms with Gasteiger partial charge in [-0.1, -0.05) is 32.0 Å². The fourth-order valence-electron chi connectivity index (χ4n) is 4.86. The fourth-order valence-corrected chi connectivity index (χ4v) is 4.86. The number of rotatable bonds is 4. The highest BCUT2D eigenvalue weighted by atomic mass is 16.2. The second-order valence-electron chi connectivity index (χ2n) is 8.76. The van der Waals surface area contributed by atoms with Gasteiger partial charge in [0, 0.05) is 43.3 Å². The SMILES string of the molecule is C[C@@H]1C[C@H](C)CN(C(=O)C(=O)c2cn(CC(=O)N3CCCC3)c3ccccc23)C1. The first-order valence-corrected chi connectivity index (χ1v) is 10.6. The number of fused-ring (bicyclic) bond motifs is 1. The molecule has 29 heavy (non-hydrogen) atoms. The largest absolute Gasteiger partial charge is 0.341 e. The zero-order chi connectivity index (χ0) is 20.5. The normalized spacial score (nSPS) is 22.3. The number of hydrogen-bond acceptors (Lipinski definition) is 3. The van der Waals surface area contributed by atoms with Crippen molar-refractivity contribution in [2.24, 2.45) is 11.8 Å². The third-order valence-electron chi connectivity index (χ3n) is 6.15. The lowest BCUT2D eigenvalue weighted by atomic mass is 9.91. The quantitative estimate of drug-likeness (QED) is 0.591. The lowest BCUT2D eigenvalue weighted by Crippen LogP contribution is -2.45. The van der Waals surface area contributed by atoms with Crippen molar-refractivity contribution < 1.29 is 14.4 Å². The molecule has 0 radical (unpaired) electrons. The number of piperidine rings is 1. The minimum Gasteiger partial charge on any atom is -0.341 e. The van der Waals surface area contributed by atoms with Crippen LogP contribution in [0.25, 0.3) is 10.9 Å². The second-order valence-corrected chi connectivity index (χ2v) is 8.76. The first-order valence-electron chi connectivity index (χ1n) is 10.6. The van der Waals surface area contributed by atoms with E-state index in [0.29, 0.717) is 30.5 Å². The average molecular weight is 396 g/mol. The van der Waals surface area contributed by atoms with Gasteiger partial charge in [-0.2, -0.15) is 0 Å². The number of Topliss-reactive ketones (excluding diaryl/α,β-unsaturated/α-hetero) is 1. The van der Waals surface area contributed by atoms with E-state index in [1.54, 1.807) is 11.1 Å². The number of benzene rings is 1. The van der Waals surface area contributed by atoms with Crippen LogP contribution in [-0.4, -0.2) is 58.1 Å². The van der Waals surface area contributed by atoms with Crippen molar-refractivity contribution in [3.05, 3.63) is 36.0 Å². The summed E-state index contributed by atoms with van der Waals surface area (Å²) >= 11 is 0. The summed E-state index contributed by atoms with van der Waals surface area (Å²) in [6.07, 6.45) is 4.86. The van der Waals surface area contributed by atoms with E-state index in [1.165, 1.54) is 0 Å². The van der Waals surface area contributed by atoms with Crippen molar-refractivity contribution in [2.45, 2.75) is 39.7 Å². The number of aromatic nitrogens is 1. The molecular weight excluding hydrogens is 366 g/mol. The summed E-state index contributed by atoms with van der Waals surface area (Å²) in [5, 5.41) is 0.734. The maximum Gasteiger partial charge on any atom is 0.295 e. The Morgan fingerprint density at radius 1 is 0.966 bits per heavy atom. The molecule has 4 rings (SSSR count). The highest BCUT2D eigenvalue weighted by molar-refractivity contribution is 6.44. The standard InChI is InChI=1S/C23H29N3O3/c1-16-11-17(2)13-26(12-16)23(29)22(28)19-14-25(20-8-4-3-7-18(19)20)15-21(27)24-9-5-6-10-24/h3-4,7-8,14,16-17H,5-6,9-13,15H2,1-2H3/t16-,17+. The molecule has 0 bridgehead atoms. The molecule has 2 amide bonds. The third kappa shape index (κ3) is 3.93. The molecule has 0 N–H and O–H groups in total. The Balaban J connectivity index is 1.60. The highest BCUT2D eigenvalue weighted by Crippen LogP contribution is 2.25. The van der Waals surface area contributed by atoms with Crippen LogP contribution in [0.3, 0.4) is 0 Å². The Morgan fingerprint density at radius 2 is 1.62 bits per heavy atom. The zero-order valence-corrected chi connectivity index (χ0v) is 17.3. The molecule has 0 aliphatic carbocycles. The van der Waals surface area contributed by atoms with Crippen LogP contribution in [0.1, 0.15) is 43.5 Å². The number of nitrogens with zero attached hydrogens (tertiary/aromatic N) is 3. The molecule has 3 heterocycles. The molecule has 2 saturated heterocycles. The van der Waals surface area contributed by atoms with Crippen molar-refractivity contribution in [1.29, 1.82) is 0 Å². The van der Waals surface area contributed by atoms with Gasteiger partial charge in [0.25, 0.3) is 11.7 Å². The highest BCUT2D eigenvalue weighted by Gasteiger charge is 2.31. The summed E-state index contributed by atoms with van der Waals surface area (Å²) in [7, 11) is 0. The Bertz CT molecular complexity index is 932. The van der Waals surface area contributed by atoms with Crippen molar-refractivity contribution in [2.75, 3.05) is 26.2 Å². The van der Waals surface area contributed by atoms with E-state index in [-0.39, 0.29) is 12.5 Å². The number of para-hydroxylation sites is 1. The molecule has 1 aromatic carbocycles.